The van der Waals surface area contributed by atoms with E-state index in [1.54, 1.807) is 0 Å². The number of nitrogens with one attached hydrogen (secondary N) is 1. The topological polar surface area (TPSA) is 56.9 Å². The Hall–Kier alpha value is -0.0800. The van der Waals surface area contributed by atoms with Crippen molar-refractivity contribution in [2.75, 3.05) is 46.3 Å². The summed E-state index contributed by atoms with van der Waals surface area (Å²) in [6, 6.07) is 0.490. The molecule has 22 heavy (non-hydrogen) atoms. The highest BCUT2D eigenvalue weighted by Gasteiger charge is 2.24. The molecule has 1 heterocycles. The van der Waals surface area contributed by atoms with Crippen LogP contribution in [0, 0.1) is 11.8 Å². The smallest absolute Gasteiger partial charge is 0.188 e. The van der Waals surface area contributed by atoms with Crippen LogP contribution in [0.4, 0.5) is 0 Å². The zero-order valence-corrected chi connectivity index (χ0v) is 17.3. The van der Waals surface area contributed by atoms with E-state index in [9.17, 15) is 0 Å². The molecule has 6 heteroatoms. The first kappa shape index (κ1) is 21.9. The minimum absolute atomic E-state index is 0. The molecule has 132 valence electrons. The Morgan fingerprint density at radius 1 is 1.14 bits per heavy atom. The lowest BCUT2D eigenvalue weighted by atomic mass is 10.0. The third-order valence-electron chi connectivity index (χ3n) is 4.25. The third kappa shape index (κ3) is 8.53. The number of rotatable bonds is 7. The minimum Gasteiger partial charge on any atom is -0.370 e. The van der Waals surface area contributed by atoms with Crippen LogP contribution >= 0.6 is 24.0 Å². The highest BCUT2D eigenvalue weighted by Crippen LogP contribution is 2.13. The number of likely N-dealkylation sites (N-methyl/N-ethyl adjacent to an activating group) is 1. The van der Waals surface area contributed by atoms with Crippen LogP contribution in [0.15, 0.2) is 4.99 Å². The molecule has 0 amide bonds. The van der Waals surface area contributed by atoms with Gasteiger partial charge in [0.25, 0.3) is 0 Å². The van der Waals surface area contributed by atoms with Crippen molar-refractivity contribution in [2.24, 2.45) is 22.6 Å². The van der Waals surface area contributed by atoms with Crippen LogP contribution in [-0.2, 0) is 0 Å². The van der Waals surface area contributed by atoms with Crippen LogP contribution in [0.5, 0.6) is 0 Å². The van der Waals surface area contributed by atoms with Gasteiger partial charge < -0.3 is 16.0 Å². The standard InChI is InChI=1S/C16H35N5.HI/c1-13(2)6-7-18-16(17)19-12-15(14(3)4)21-10-8-20(5)9-11-21;/h13-15H,6-12H2,1-5H3,(H3,17,18,19);1H. The number of halogens is 1. The van der Waals surface area contributed by atoms with Gasteiger partial charge in [0.15, 0.2) is 5.96 Å². The largest absolute Gasteiger partial charge is 0.370 e. The Morgan fingerprint density at radius 2 is 1.73 bits per heavy atom. The molecule has 1 aliphatic heterocycles. The average molecular weight is 425 g/mol. The summed E-state index contributed by atoms with van der Waals surface area (Å²) in [4.78, 5) is 9.52. The van der Waals surface area contributed by atoms with Gasteiger partial charge in [-0.05, 0) is 25.3 Å². The summed E-state index contributed by atoms with van der Waals surface area (Å²) in [5, 5.41) is 3.22. The van der Waals surface area contributed by atoms with Gasteiger partial charge in [0.2, 0.25) is 0 Å². The Balaban J connectivity index is 0.00000441. The molecule has 0 aromatic rings. The fourth-order valence-corrected chi connectivity index (χ4v) is 2.64. The van der Waals surface area contributed by atoms with Crippen molar-refractivity contribution < 1.29 is 0 Å². The molecule has 1 saturated heterocycles. The molecule has 5 nitrogen and oxygen atoms in total. The maximum Gasteiger partial charge on any atom is 0.188 e. The summed E-state index contributed by atoms with van der Waals surface area (Å²) in [5.74, 6) is 1.88. The van der Waals surface area contributed by atoms with E-state index >= 15 is 0 Å². The maximum absolute atomic E-state index is 5.97. The lowest BCUT2D eigenvalue weighted by molar-refractivity contribution is 0.0925. The van der Waals surface area contributed by atoms with Gasteiger partial charge in [-0.2, -0.15) is 0 Å². The molecule has 3 N–H and O–H groups in total. The second-order valence-corrected chi connectivity index (χ2v) is 6.99. The molecule has 0 radical (unpaired) electrons. The highest BCUT2D eigenvalue weighted by atomic mass is 127. The molecule has 1 atom stereocenters. The zero-order chi connectivity index (χ0) is 15.8. The highest BCUT2D eigenvalue weighted by molar-refractivity contribution is 14.0. The van der Waals surface area contributed by atoms with Crippen LogP contribution in [0.25, 0.3) is 0 Å². The number of hydrogen-bond donors (Lipinski definition) is 2. The van der Waals surface area contributed by atoms with Gasteiger partial charge in [-0.3, -0.25) is 9.89 Å². The van der Waals surface area contributed by atoms with Crippen LogP contribution in [0.2, 0.25) is 0 Å². The molecule has 1 aliphatic rings. The van der Waals surface area contributed by atoms with E-state index in [1.165, 1.54) is 0 Å². The first-order chi connectivity index (χ1) is 9.90. The van der Waals surface area contributed by atoms with Crippen LogP contribution in [0.1, 0.15) is 34.1 Å². The third-order valence-corrected chi connectivity index (χ3v) is 4.25. The van der Waals surface area contributed by atoms with Crippen molar-refractivity contribution in [1.29, 1.82) is 0 Å². The lowest BCUT2D eigenvalue weighted by Crippen LogP contribution is -2.52. The number of nitrogens with zero attached hydrogens (tertiary/aromatic N) is 3. The molecule has 0 aliphatic carbocycles. The Bertz CT molecular complexity index is 312. The fourth-order valence-electron chi connectivity index (χ4n) is 2.64. The van der Waals surface area contributed by atoms with Gasteiger partial charge in [-0.15, -0.1) is 24.0 Å². The Morgan fingerprint density at radius 3 is 2.23 bits per heavy atom. The number of piperazine rings is 1. The number of hydrogen-bond acceptors (Lipinski definition) is 3. The molecule has 1 rings (SSSR count). The van der Waals surface area contributed by atoms with E-state index in [1.807, 2.05) is 0 Å². The zero-order valence-electron chi connectivity index (χ0n) is 15.0. The maximum atomic E-state index is 5.97. The number of aliphatic imine (C=N–C) groups is 1. The van der Waals surface area contributed by atoms with Gasteiger partial charge in [0.1, 0.15) is 0 Å². The summed E-state index contributed by atoms with van der Waals surface area (Å²) in [6.45, 7) is 15.3. The van der Waals surface area contributed by atoms with E-state index < -0.39 is 0 Å². The minimum atomic E-state index is 0. The molecule has 0 spiro atoms. The van der Waals surface area contributed by atoms with Crippen molar-refractivity contribution in [2.45, 2.75) is 40.2 Å². The average Bonchev–Trinajstić information content (AvgIpc) is 2.40. The van der Waals surface area contributed by atoms with Crippen molar-refractivity contribution in [3.05, 3.63) is 0 Å². The molecule has 0 saturated carbocycles. The number of guanidine groups is 1. The molecule has 0 aromatic heterocycles. The van der Waals surface area contributed by atoms with Gasteiger partial charge in [-0.25, -0.2) is 0 Å². The summed E-state index contributed by atoms with van der Waals surface area (Å²) in [7, 11) is 2.19. The van der Waals surface area contributed by atoms with Crippen LogP contribution in [0.3, 0.4) is 0 Å². The predicted octanol–water partition coefficient (Wildman–Crippen LogP) is 1.83. The van der Waals surface area contributed by atoms with Crippen LogP contribution in [-0.4, -0.2) is 68.1 Å². The fraction of sp³-hybridized carbons (Fsp3) is 0.938. The SMILES string of the molecule is CC(C)CCNC(N)=NCC(C(C)C)N1CCN(C)CC1.I. The molecule has 1 unspecified atom stereocenters. The Kier molecular flexibility index (Phi) is 11.4. The van der Waals surface area contributed by atoms with Gasteiger partial charge in [0, 0.05) is 38.8 Å². The van der Waals surface area contributed by atoms with Crippen molar-refractivity contribution in [3.63, 3.8) is 0 Å². The second-order valence-electron chi connectivity index (χ2n) is 6.99. The monoisotopic (exact) mass is 425 g/mol. The van der Waals surface area contributed by atoms with Crippen molar-refractivity contribution in [1.82, 2.24) is 15.1 Å². The summed E-state index contributed by atoms with van der Waals surface area (Å²) < 4.78 is 0. The van der Waals surface area contributed by atoms with E-state index in [4.69, 9.17) is 5.73 Å². The van der Waals surface area contributed by atoms with Gasteiger partial charge in [0.05, 0.1) is 6.54 Å². The summed E-state index contributed by atoms with van der Waals surface area (Å²) in [6.07, 6.45) is 1.13. The van der Waals surface area contributed by atoms with Crippen molar-refractivity contribution in [3.8, 4) is 0 Å². The first-order valence-corrected chi connectivity index (χ1v) is 8.36. The molecular formula is C16H36IN5. The first-order valence-electron chi connectivity index (χ1n) is 8.36. The predicted molar refractivity (Wildman–Crippen MR) is 107 cm³/mol. The van der Waals surface area contributed by atoms with E-state index in [-0.39, 0.29) is 24.0 Å². The van der Waals surface area contributed by atoms with Crippen LogP contribution < -0.4 is 11.1 Å². The van der Waals surface area contributed by atoms with Crippen molar-refractivity contribution >= 4 is 29.9 Å². The van der Waals surface area contributed by atoms with E-state index in [0.717, 1.165) is 45.7 Å². The van der Waals surface area contributed by atoms with E-state index in [2.05, 4.69) is 54.9 Å². The number of nitrogens with two attached hydrogens (primary N) is 1. The lowest BCUT2D eigenvalue weighted by Gasteiger charge is -2.39. The van der Waals surface area contributed by atoms with E-state index in [0.29, 0.717) is 23.8 Å². The van der Waals surface area contributed by atoms with Gasteiger partial charge >= 0.3 is 0 Å². The quantitative estimate of drug-likeness (QED) is 0.371. The molecule has 0 bridgehead atoms. The van der Waals surface area contributed by atoms with Gasteiger partial charge in [-0.1, -0.05) is 27.7 Å². The molecule has 1 fully saturated rings. The summed E-state index contributed by atoms with van der Waals surface area (Å²) >= 11 is 0. The molecular weight excluding hydrogens is 389 g/mol. The Labute approximate surface area is 154 Å². The normalized spacial score (nSPS) is 19.3. The summed E-state index contributed by atoms with van der Waals surface area (Å²) in [5.41, 5.74) is 5.97. The second kappa shape index (κ2) is 11.5. The molecule has 0 aromatic carbocycles.